The van der Waals surface area contributed by atoms with Gasteiger partial charge in [0.2, 0.25) is 0 Å². The molecule has 3 N–H and O–H groups in total. The number of nitrogens with zero attached hydrogens (tertiary/aromatic N) is 3. The lowest BCUT2D eigenvalue weighted by Gasteiger charge is -2.18. The molecule has 0 aliphatic rings. The number of rotatable bonds is 17. The molecule has 4 aromatic rings. The zero-order valence-electron chi connectivity index (χ0n) is 28.2. The lowest BCUT2D eigenvalue weighted by Crippen LogP contribution is -2.31. The Kier molecular flexibility index (Phi) is 13.1. The topological polar surface area (TPSA) is 109 Å². The fourth-order valence-corrected chi connectivity index (χ4v) is 5.81. The van der Waals surface area contributed by atoms with Crippen LogP contribution in [0.3, 0.4) is 0 Å². The average molecular weight is 626 g/mol. The highest BCUT2D eigenvalue weighted by molar-refractivity contribution is 5.72. The third-order valence-electron chi connectivity index (χ3n) is 8.56. The van der Waals surface area contributed by atoms with Gasteiger partial charge in [0.1, 0.15) is 24.2 Å². The Morgan fingerprint density at radius 2 is 1.07 bits per heavy atom. The Bertz CT molecular complexity index is 1500. The maximum atomic E-state index is 11.1. The van der Waals surface area contributed by atoms with Gasteiger partial charge < -0.3 is 20.1 Å². The first-order chi connectivity index (χ1) is 22.2. The molecule has 0 fully saturated rings. The minimum Gasteiger partial charge on any atom is -0.507 e. The molecule has 0 spiro atoms. The number of aliphatic hydroxyl groups is 2. The molecule has 3 aromatic carbocycles. The predicted molar refractivity (Wildman–Crippen MR) is 186 cm³/mol. The molecule has 1 aromatic heterocycles. The van der Waals surface area contributed by atoms with Crippen molar-refractivity contribution in [3.63, 3.8) is 0 Å². The summed E-state index contributed by atoms with van der Waals surface area (Å²) in [6, 6.07) is 17.2. The molecule has 2 atom stereocenters. The molecule has 0 aliphatic heterocycles. The molecule has 246 valence electrons. The number of hydrogen-bond donors (Lipinski definition) is 3. The number of aromatic nitrogens is 3. The quantitative estimate of drug-likeness (QED) is 0.101. The summed E-state index contributed by atoms with van der Waals surface area (Å²) in [6.45, 7) is 10.3. The minimum atomic E-state index is -1.01. The molecule has 7 heteroatoms. The highest BCUT2D eigenvalue weighted by atomic mass is 16.5. The number of unbranched alkanes of at least 4 members (excludes halogenated alkanes) is 8. The van der Waals surface area contributed by atoms with Crippen LogP contribution in [0.5, 0.6) is 11.5 Å². The van der Waals surface area contributed by atoms with Crippen LogP contribution >= 0.6 is 0 Å². The Labute approximate surface area is 274 Å². The number of aromatic hydroxyl groups is 1. The highest BCUT2D eigenvalue weighted by Gasteiger charge is 2.19. The van der Waals surface area contributed by atoms with E-state index in [9.17, 15) is 15.3 Å². The normalized spacial score (nSPS) is 12.7. The molecule has 0 bridgehead atoms. The molecule has 4 rings (SSSR count). The third-order valence-corrected chi connectivity index (χ3v) is 8.56. The van der Waals surface area contributed by atoms with E-state index in [4.69, 9.17) is 19.7 Å². The summed E-state index contributed by atoms with van der Waals surface area (Å²) in [5.74, 6) is 1.74. The van der Waals surface area contributed by atoms with Crippen LogP contribution < -0.4 is 4.74 Å². The molecule has 46 heavy (non-hydrogen) atoms. The van der Waals surface area contributed by atoms with Crippen LogP contribution in [-0.4, -0.2) is 49.1 Å². The first kappa shape index (κ1) is 35.1. The maximum absolute atomic E-state index is 11.1. The van der Waals surface area contributed by atoms with Crippen LogP contribution in [0.25, 0.3) is 34.2 Å². The number of benzene rings is 3. The summed E-state index contributed by atoms with van der Waals surface area (Å²) in [6.07, 6.45) is 9.49. The highest BCUT2D eigenvalue weighted by Crippen LogP contribution is 2.34. The maximum Gasteiger partial charge on any atom is 0.167 e. The summed E-state index contributed by atoms with van der Waals surface area (Å²) in [4.78, 5) is 14.4. The lowest BCUT2D eigenvalue weighted by atomic mass is 10.0. The molecule has 7 nitrogen and oxygen atoms in total. The van der Waals surface area contributed by atoms with Gasteiger partial charge in [-0.1, -0.05) is 112 Å². The Hall–Kier alpha value is -3.81. The smallest absolute Gasteiger partial charge is 0.167 e. The molecule has 0 radical (unpaired) electrons. The molecule has 2 unspecified atom stereocenters. The second-order valence-corrected chi connectivity index (χ2v) is 12.7. The number of aliphatic hydroxyl groups excluding tert-OH is 2. The van der Waals surface area contributed by atoms with E-state index in [1.807, 2.05) is 38.1 Å². The lowest BCUT2D eigenvalue weighted by molar-refractivity contribution is -0.0126. The second-order valence-electron chi connectivity index (χ2n) is 12.7. The van der Waals surface area contributed by atoms with E-state index >= 15 is 0 Å². The Morgan fingerprint density at radius 3 is 1.57 bits per heavy atom. The molecular weight excluding hydrogens is 574 g/mol. The number of phenols is 1. The van der Waals surface area contributed by atoms with E-state index in [0.717, 1.165) is 52.6 Å². The molecule has 0 amide bonds. The molecule has 1 heterocycles. The van der Waals surface area contributed by atoms with Crippen molar-refractivity contribution >= 4 is 0 Å². The standard InChI is InChI=1S/C39H51N3O4/c1-6-7-8-9-10-11-12-13-14-15-34(43)36(45)25-46-30-18-21-33(35(44)24-30)39-41-37(31-19-16-26(2)22-28(31)4)40-38(42-39)32-20-17-27(3)23-29(32)5/h16-24,34,36,43-45H,6-15,25H2,1-5H3. The van der Waals surface area contributed by atoms with Gasteiger partial charge in [0.25, 0.3) is 0 Å². The second kappa shape index (κ2) is 17.2. The van der Waals surface area contributed by atoms with Gasteiger partial charge in [0.05, 0.1) is 11.7 Å². The molecule has 0 saturated heterocycles. The van der Waals surface area contributed by atoms with Gasteiger partial charge >= 0.3 is 0 Å². The molecule has 0 saturated carbocycles. The van der Waals surface area contributed by atoms with E-state index in [2.05, 4.69) is 32.9 Å². The first-order valence-electron chi connectivity index (χ1n) is 16.9. The van der Waals surface area contributed by atoms with E-state index in [1.165, 1.54) is 44.6 Å². The van der Waals surface area contributed by atoms with Gasteiger partial charge in [-0.25, -0.2) is 15.0 Å². The van der Waals surface area contributed by atoms with Crippen molar-refractivity contribution in [2.75, 3.05) is 6.61 Å². The molecular formula is C39H51N3O4. The summed E-state index contributed by atoms with van der Waals surface area (Å²) in [5.41, 5.74) is 6.64. The SMILES string of the molecule is CCCCCCCCCCCC(O)C(O)COc1ccc(-c2nc(-c3ccc(C)cc3C)nc(-c3ccc(C)cc3C)n2)c(O)c1. The Balaban J connectivity index is 1.44. The summed E-state index contributed by atoms with van der Waals surface area (Å²) in [7, 11) is 0. The van der Waals surface area contributed by atoms with Crippen molar-refractivity contribution in [2.24, 2.45) is 0 Å². The molecule has 0 aliphatic carbocycles. The summed E-state index contributed by atoms with van der Waals surface area (Å²) in [5, 5.41) is 32.0. The zero-order chi connectivity index (χ0) is 33.1. The van der Waals surface area contributed by atoms with Crippen LogP contribution in [0.15, 0.2) is 54.6 Å². The number of hydrogen-bond acceptors (Lipinski definition) is 7. The third kappa shape index (κ3) is 9.84. The van der Waals surface area contributed by atoms with Crippen molar-refractivity contribution in [1.29, 1.82) is 0 Å². The Morgan fingerprint density at radius 1 is 0.587 bits per heavy atom. The van der Waals surface area contributed by atoms with E-state index in [0.29, 0.717) is 35.2 Å². The van der Waals surface area contributed by atoms with Gasteiger partial charge in [0.15, 0.2) is 17.5 Å². The zero-order valence-corrected chi connectivity index (χ0v) is 28.2. The van der Waals surface area contributed by atoms with Crippen molar-refractivity contribution in [1.82, 2.24) is 15.0 Å². The fourth-order valence-electron chi connectivity index (χ4n) is 5.81. The van der Waals surface area contributed by atoms with Crippen LogP contribution in [0.1, 0.15) is 93.4 Å². The van der Waals surface area contributed by atoms with Crippen molar-refractivity contribution in [3.05, 3.63) is 76.9 Å². The number of aryl methyl sites for hydroxylation is 4. The predicted octanol–water partition coefficient (Wildman–Crippen LogP) is 8.83. The van der Waals surface area contributed by atoms with Crippen molar-refractivity contribution in [2.45, 2.75) is 111 Å². The van der Waals surface area contributed by atoms with Gasteiger partial charge in [-0.2, -0.15) is 0 Å². The van der Waals surface area contributed by atoms with E-state index < -0.39 is 12.2 Å². The first-order valence-corrected chi connectivity index (χ1v) is 16.9. The minimum absolute atomic E-state index is 0.0495. The monoisotopic (exact) mass is 625 g/mol. The van der Waals surface area contributed by atoms with Gasteiger partial charge in [0, 0.05) is 17.2 Å². The van der Waals surface area contributed by atoms with Gasteiger partial charge in [-0.05, 0) is 57.4 Å². The van der Waals surface area contributed by atoms with Crippen LogP contribution in [-0.2, 0) is 0 Å². The van der Waals surface area contributed by atoms with Crippen molar-refractivity contribution < 1.29 is 20.1 Å². The fraction of sp³-hybridized carbons (Fsp3) is 0.462. The number of phenolic OH excluding ortho intramolecular Hbond substituents is 1. The van der Waals surface area contributed by atoms with Crippen LogP contribution in [0, 0.1) is 27.7 Å². The van der Waals surface area contributed by atoms with Crippen LogP contribution in [0.4, 0.5) is 0 Å². The van der Waals surface area contributed by atoms with Gasteiger partial charge in [-0.15, -0.1) is 0 Å². The average Bonchev–Trinajstić information content (AvgIpc) is 3.02. The number of ether oxygens (including phenoxy) is 1. The van der Waals surface area contributed by atoms with E-state index in [-0.39, 0.29) is 12.4 Å². The largest absolute Gasteiger partial charge is 0.507 e. The summed E-state index contributed by atoms with van der Waals surface area (Å²) < 4.78 is 5.77. The van der Waals surface area contributed by atoms with Gasteiger partial charge in [-0.3, -0.25) is 0 Å². The summed E-state index contributed by atoms with van der Waals surface area (Å²) >= 11 is 0. The van der Waals surface area contributed by atoms with Crippen molar-refractivity contribution in [3.8, 4) is 45.7 Å². The van der Waals surface area contributed by atoms with Crippen LogP contribution in [0.2, 0.25) is 0 Å². The van der Waals surface area contributed by atoms with E-state index in [1.54, 1.807) is 12.1 Å².